The van der Waals surface area contributed by atoms with Crippen LogP contribution in [0, 0.1) is 12.8 Å². The normalized spacial score (nSPS) is 20.0. The summed E-state index contributed by atoms with van der Waals surface area (Å²) in [5, 5.41) is 12.5. The number of thiophene rings is 1. The van der Waals surface area contributed by atoms with E-state index < -0.39 is 6.10 Å². The SMILES string of the molecule is Cc1ccsc1C(O)C1COc2ccccc2C1. The molecule has 1 aromatic carbocycles. The molecule has 0 radical (unpaired) electrons. The van der Waals surface area contributed by atoms with Gasteiger partial charge in [-0.2, -0.15) is 0 Å². The molecule has 1 N–H and O–H groups in total. The molecule has 2 nitrogen and oxygen atoms in total. The van der Waals surface area contributed by atoms with Crippen molar-refractivity contribution in [1.29, 1.82) is 0 Å². The van der Waals surface area contributed by atoms with E-state index in [0.717, 1.165) is 17.0 Å². The maximum atomic E-state index is 10.5. The van der Waals surface area contributed by atoms with Crippen LogP contribution in [0.4, 0.5) is 0 Å². The third-order valence-corrected chi connectivity index (χ3v) is 4.61. The summed E-state index contributed by atoms with van der Waals surface area (Å²) in [6.07, 6.45) is 0.465. The Hall–Kier alpha value is -1.32. The van der Waals surface area contributed by atoms with Crippen molar-refractivity contribution >= 4 is 11.3 Å². The van der Waals surface area contributed by atoms with Crippen molar-refractivity contribution in [2.75, 3.05) is 6.61 Å². The summed E-state index contributed by atoms with van der Waals surface area (Å²) in [4.78, 5) is 1.07. The number of aliphatic hydroxyl groups excluding tert-OH is 1. The summed E-state index contributed by atoms with van der Waals surface area (Å²) in [5.41, 5.74) is 2.37. The number of ether oxygens (including phenoxy) is 1. The number of rotatable bonds is 2. The topological polar surface area (TPSA) is 29.5 Å². The molecule has 2 atom stereocenters. The lowest BCUT2D eigenvalue weighted by Gasteiger charge is -2.28. The number of aryl methyl sites for hydroxylation is 1. The van der Waals surface area contributed by atoms with Gasteiger partial charge < -0.3 is 9.84 Å². The highest BCUT2D eigenvalue weighted by atomic mass is 32.1. The zero-order valence-electron chi connectivity index (χ0n) is 10.3. The van der Waals surface area contributed by atoms with Crippen LogP contribution in [-0.4, -0.2) is 11.7 Å². The van der Waals surface area contributed by atoms with Crippen molar-refractivity contribution in [2.24, 2.45) is 5.92 Å². The molecule has 1 aliphatic rings. The Morgan fingerprint density at radius 2 is 2.17 bits per heavy atom. The van der Waals surface area contributed by atoms with Crippen molar-refractivity contribution in [2.45, 2.75) is 19.4 Å². The Morgan fingerprint density at radius 3 is 2.94 bits per heavy atom. The van der Waals surface area contributed by atoms with Crippen molar-refractivity contribution in [3.63, 3.8) is 0 Å². The fourth-order valence-electron chi connectivity index (χ4n) is 2.46. The molecule has 0 bridgehead atoms. The Labute approximate surface area is 111 Å². The molecule has 1 aromatic heterocycles. The Morgan fingerprint density at radius 1 is 1.33 bits per heavy atom. The van der Waals surface area contributed by atoms with Crippen LogP contribution in [0.15, 0.2) is 35.7 Å². The molecule has 0 saturated carbocycles. The van der Waals surface area contributed by atoms with Gasteiger partial charge in [-0.05, 0) is 42.0 Å². The monoisotopic (exact) mass is 260 g/mol. The minimum Gasteiger partial charge on any atom is -0.493 e. The van der Waals surface area contributed by atoms with E-state index in [1.165, 1.54) is 11.1 Å². The second-order valence-corrected chi connectivity index (χ2v) is 5.74. The van der Waals surface area contributed by atoms with Crippen LogP contribution in [0.1, 0.15) is 22.1 Å². The molecule has 2 unspecified atom stereocenters. The zero-order chi connectivity index (χ0) is 12.5. The molecule has 0 saturated heterocycles. The minimum absolute atomic E-state index is 0.150. The largest absolute Gasteiger partial charge is 0.493 e. The molecular formula is C15H16O2S. The fraction of sp³-hybridized carbons (Fsp3) is 0.333. The Bertz CT molecular complexity index is 547. The van der Waals surface area contributed by atoms with Crippen molar-refractivity contribution in [3.8, 4) is 5.75 Å². The molecule has 1 aliphatic heterocycles. The first-order chi connectivity index (χ1) is 8.75. The molecule has 3 heteroatoms. The van der Waals surface area contributed by atoms with Gasteiger partial charge in [0.15, 0.2) is 0 Å². The van der Waals surface area contributed by atoms with E-state index in [1.807, 2.05) is 30.5 Å². The number of benzene rings is 1. The van der Waals surface area contributed by atoms with E-state index in [4.69, 9.17) is 4.74 Å². The van der Waals surface area contributed by atoms with Gasteiger partial charge in [-0.3, -0.25) is 0 Å². The summed E-state index contributed by atoms with van der Waals surface area (Å²) in [5.74, 6) is 1.11. The van der Waals surface area contributed by atoms with Crippen LogP contribution < -0.4 is 4.74 Å². The maximum absolute atomic E-state index is 10.5. The van der Waals surface area contributed by atoms with Crippen LogP contribution in [0.25, 0.3) is 0 Å². The molecule has 2 aromatic rings. The third-order valence-electron chi connectivity index (χ3n) is 3.52. The van der Waals surface area contributed by atoms with Crippen LogP contribution in [-0.2, 0) is 6.42 Å². The van der Waals surface area contributed by atoms with E-state index in [-0.39, 0.29) is 5.92 Å². The lowest BCUT2D eigenvalue weighted by Crippen LogP contribution is -2.26. The molecule has 0 amide bonds. The average molecular weight is 260 g/mol. The first kappa shape index (κ1) is 11.8. The van der Waals surface area contributed by atoms with Gasteiger partial charge in [0.2, 0.25) is 0 Å². The first-order valence-electron chi connectivity index (χ1n) is 6.18. The molecule has 0 spiro atoms. The van der Waals surface area contributed by atoms with Gasteiger partial charge in [0.25, 0.3) is 0 Å². The molecule has 2 heterocycles. The summed E-state index contributed by atoms with van der Waals surface area (Å²) >= 11 is 1.63. The molecular weight excluding hydrogens is 244 g/mol. The first-order valence-corrected chi connectivity index (χ1v) is 7.06. The molecule has 0 fully saturated rings. The summed E-state index contributed by atoms with van der Waals surface area (Å²) in [6, 6.07) is 10.1. The summed E-state index contributed by atoms with van der Waals surface area (Å²) < 4.78 is 5.74. The number of aliphatic hydroxyl groups is 1. The van der Waals surface area contributed by atoms with Crippen molar-refractivity contribution < 1.29 is 9.84 Å². The van der Waals surface area contributed by atoms with Gasteiger partial charge in [-0.1, -0.05) is 18.2 Å². The lowest BCUT2D eigenvalue weighted by atomic mass is 9.90. The summed E-state index contributed by atoms with van der Waals surface area (Å²) in [7, 11) is 0. The van der Waals surface area contributed by atoms with E-state index in [2.05, 4.69) is 12.1 Å². The van der Waals surface area contributed by atoms with Gasteiger partial charge in [-0.25, -0.2) is 0 Å². The fourth-order valence-corrected chi connectivity index (χ4v) is 3.46. The van der Waals surface area contributed by atoms with Crippen LogP contribution in [0.3, 0.4) is 0 Å². The number of hydrogen-bond acceptors (Lipinski definition) is 3. The van der Waals surface area contributed by atoms with E-state index in [1.54, 1.807) is 11.3 Å². The molecule has 18 heavy (non-hydrogen) atoms. The highest BCUT2D eigenvalue weighted by Gasteiger charge is 2.28. The summed E-state index contributed by atoms with van der Waals surface area (Å²) in [6.45, 7) is 2.64. The van der Waals surface area contributed by atoms with Crippen molar-refractivity contribution in [1.82, 2.24) is 0 Å². The number of para-hydroxylation sites is 1. The van der Waals surface area contributed by atoms with Crippen LogP contribution >= 0.6 is 11.3 Å². The predicted octanol–water partition coefficient (Wildman–Crippen LogP) is 3.34. The molecule has 3 rings (SSSR count). The van der Waals surface area contributed by atoms with Gasteiger partial charge >= 0.3 is 0 Å². The Balaban J connectivity index is 1.82. The van der Waals surface area contributed by atoms with Crippen molar-refractivity contribution in [3.05, 3.63) is 51.7 Å². The van der Waals surface area contributed by atoms with Gasteiger partial charge in [0.1, 0.15) is 5.75 Å². The number of fused-ring (bicyclic) bond motifs is 1. The highest BCUT2D eigenvalue weighted by molar-refractivity contribution is 7.10. The maximum Gasteiger partial charge on any atom is 0.122 e. The average Bonchev–Trinajstić information content (AvgIpc) is 2.83. The molecule has 0 aliphatic carbocycles. The van der Waals surface area contributed by atoms with E-state index in [0.29, 0.717) is 6.61 Å². The smallest absolute Gasteiger partial charge is 0.122 e. The standard InChI is InChI=1S/C15H16O2S/c1-10-6-7-18-15(10)14(16)12-8-11-4-2-3-5-13(11)17-9-12/h2-7,12,14,16H,8-9H2,1H3. The van der Waals surface area contributed by atoms with E-state index >= 15 is 0 Å². The second kappa shape index (κ2) is 4.75. The van der Waals surface area contributed by atoms with Gasteiger partial charge in [0.05, 0.1) is 12.7 Å². The predicted molar refractivity (Wildman–Crippen MR) is 73.1 cm³/mol. The number of hydrogen-bond donors (Lipinski definition) is 1. The highest BCUT2D eigenvalue weighted by Crippen LogP contribution is 2.36. The second-order valence-electron chi connectivity index (χ2n) is 4.80. The third kappa shape index (κ3) is 2.04. The van der Waals surface area contributed by atoms with Crippen LogP contribution in [0.2, 0.25) is 0 Å². The van der Waals surface area contributed by atoms with E-state index in [9.17, 15) is 5.11 Å². The Kier molecular flexibility index (Phi) is 3.10. The van der Waals surface area contributed by atoms with Gasteiger partial charge in [0, 0.05) is 10.8 Å². The lowest BCUT2D eigenvalue weighted by molar-refractivity contribution is 0.0666. The quantitative estimate of drug-likeness (QED) is 0.897. The zero-order valence-corrected chi connectivity index (χ0v) is 11.1. The van der Waals surface area contributed by atoms with Crippen LogP contribution in [0.5, 0.6) is 5.75 Å². The van der Waals surface area contributed by atoms with Gasteiger partial charge in [-0.15, -0.1) is 11.3 Å². The minimum atomic E-state index is -0.418. The molecule has 94 valence electrons.